The quantitative estimate of drug-likeness (QED) is 0.689. The van der Waals surface area contributed by atoms with Gasteiger partial charge >= 0.3 is 5.97 Å². The van der Waals surface area contributed by atoms with Crippen LogP contribution in [0.15, 0.2) is 30.9 Å². The predicted octanol–water partition coefficient (Wildman–Crippen LogP) is 1.70. The molecule has 0 amide bonds. The second-order valence-corrected chi connectivity index (χ2v) is 2.84. The number of rotatable bonds is 3. The molecule has 0 saturated carbocycles. The molecule has 0 fully saturated rings. The van der Waals surface area contributed by atoms with Gasteiger partial charge in [0.25, 0.3) is 0 Å². The molecular weight excluding hydrogens is 218 g/mol. The Morgan fingerprint density at radius 3 is 2.60 bits per heavy atom. The SMILES string of the molecule is C=C[C@H](N)c1ccc(O)c(C(=O)O)c1.Cl. The zero-order chi connectivity index (χ0) is 10.7. The fourth-order valence-electron chi connectivity index (χ4n) is 1.07. The number of carbonyl (C=O) groups is 1. The normalized spacial score (nSPS) is 11.3. The van der Waals surface area contributed by atoms with Crippen LogP contribution in [-0.2, 0) is 0 Å². The van der Waals surface area contributed by atoms with Crippen molar-refractivity contribution in [2.75, 3.05) is 0 Å². The maximum absolute atomic E-state index is 10.7. The second kappa shape index (κ2) is 5.38. The zero-order valence-corrected chi connectivity index (χ0v) is 8.70. The van der Waals surface area contributed by atoms with Gasteiger partial charge in [0, 0.05) is 6.04 Å². The second-order valence-electron chi connectivity index (χ2n) is 2.84. The minimum Gasteiger partial charge on any atom is -0.507 e. The van der Waals surface area contributed by atoms with Crippen molar-refractivity contribution >= 4 is 18.4 Å². The summed E-state index contributed by atoms with van der Waals surface area (Å²) < 4.78 is 0. The van der Waals surface area contributed by atoms with Gasteiger partial charge in [0.2, 0.25) is 0 Å². The highest BCUT2D eigenvalue weighted by Crippen LogP contribution is 2.21. The Hall–Kier alpha value is -1.52. The Bertz CT molecular complexity index is 379. The van der Waals surface area contributed by atoms with E-state index in [1.165, 1.54) is 18.2 Å². The van der Waals surface area contributed by atoms with E-state index in [2.05, 4.69) is 6.58 Å². The Morgan fingerprint density at radius 1 is 1.53 bits per heavy atom. The number of hydrogen-bond donors (Lipinski definition) is 3. The molecule has 1 aromatic rings. The molecule has 1 rings (SSSR count). The van der Waals surface area contributed by atoms with Gasteiger partial charge in [-0.05, 0) is 17.7 Å². The highest BCUT2D eigenvalue weighted by molar-refractivity contribution is 5.91. The largest absolute Gasteiger partial charge is 0.507 e. The summed E-state index contributed by atoms with van der Waals surface area (Å²) in [7, 11) is 0. The number of carboxylic acid groups (broad SMARTS) is 1. The number of aromatic hydroxyl groups is 1. The fourth-order valence-corrected chi connectivity index (χ4v) is 1.07. The van der Waals surface area contributed by atoms with Crippen molar-refractivity contribution < 1.29 is 15.0 Å². The summed E-state index contributed by atoms with van der Waals surface area (Å²) in [6.45, 7) is 3.50. The van der Waals surface area contributed by atoms with Gasteiger partial charge in [-0.2, -0.15) is 0 Å². The molecule has 15 heavy (non-hydrogen) atoms. The number of benzene rings is 1. The molecule has 0 radical (unpaired) electrons. The third-order valence-electron chi connectivity index (χ3n) is 1.89. The van der Waals surface area contributed by atoms with Crippen LogP contribution in [0.1, 0.15) is 22.0 Å². The molecule has 82 valence electrons. The van der Waals surface area contributed by atoms with E-state index < -0.39 is 12.0 Å². The number of carboxylic acids is 1. The van der Waals surface area contributed by atoms with Crippen molar-refractivity contribution in [1.82, 2.24) is 0 Å². The van der Waals surface area contributed by atoms with E-state index in [1.807, 2.05) is 0 Å². The van der Waals surface area contributed by atoms with Gasteiger partial charge < -0.3 is 15.9 Å². The number of phenols is 1. The van der Waals surface area contributed by atoms with Gasteiger partial charge in [-0.3, -0.25) is 0 Å². The topological polar surface area (TPSA) is 83.5 Å². The van der Waals surface area contributed by atoms with E-state index in [1.54, 1.807) is 6.07 Å². The van der Waals surface area contributed by atoms with E-state index in [-0.39, 0.29) is 23.7 Å². The average molecular weight is 230 g/mol. The van der Waals surface area contributed by atoms with Crippen LogP contribution >= 0.6 is 12.4 Å². The number of nitrogens with two attached hydrogens (primary N) is 1. The first kappa shape index (κ1) is 13.5. The summed E-state index contributed by atoms with van der Waals surface area (Å²) in [6, 6.07) is 3.79. The lowest BCUT2D eigenvalue weighted by atomic mass is 10.0. The van der Waals surface area contributed by atoms with Gasteiger partial charge in [0.05, 0.1) is 0 Å². The lowest BCUT2D eigenvalue weighted by Gasteiger charge is -2.08. The van der Waals surface area contributed by atoms with Crippen LogP contribution in [0.2, 0.25) is 0 Å². The molecule has 5 heteroatoms. The maximum Gasteiger partial charge on any atom is 0.339 e. The van der Waals surface area contributed by atoms with Gasteiger partial charge in [-0.15, -0.1) is 19.0 Å². The van der Waals surface area contributed by atoms with Gasteiger partial charge in [0.15, 0.2) is 0 Å². The lowest BCUT2D eigenvalue weighted by Crippen LogP contribution is -2.08. The minimum atomic E-state index is -1.18. The van der Waals surface area contributed by atoms with Crippen LogP contribution in [-0.4, -0.2) is 16.2 Å². The zero-order valence-electron chi connectivity index (χ0n) is 7.88. The van der Waals surface area contributed by atoms with E-state index in [9.17, 15) is 9.90 Å². The smallest absolute Gasteiger partial charge is 0.339 e. The van der Waals surface area contributed by atoms with Gasteiger partial charge in [0.1, 0.15) is 11.3 Å². The molecule has 0 heterocycles. The van der Waals surface area contributed by atoms with Crippen LogP contribution in [0.4, 0.5) is 0 Å². The third-order valence-corrected chi connectivity index (χ3v) is 1.89. The molecule has 0 spiro atoms. The van der Waals surface area contributed by atoms with Crippen molar-refractivity contribution in [2.24, 2.45) is 5.73 Å². The first-order valence-electron chi connectivity index (χ1n) is 4.00. The van der Waals surface area contributed by atoms with Crippen LogP contribution < -0.4 is 5.73 Å². The lowest BCUT2D eigenvalue weighted by molar-refractivity contribution is 0.0693. The van der Waals surface area contributed by atoms with Crippen molar-refractivity contribution in [3.63, 3.8) is 0 Å². The molecule has 0 aromatic heterocycles. The molecule has 4 N–H and O–H groups in total. The fraction of sp³-hybridized carbons (Fsp3) is 0.100. The molecule has 4 nitrogen and oxygen atoms in total. The summed E-state index contributed by atoms with van der Waals surface area (Å²) in [5, 5.41) is 17.9. The molecule has 0 saturated heterocycles. The average Bonchev–Trinajstić information content (AvgIpc) is 2.17. The molecule has 0 unspecified atom stereocenters. The predicted molar refractivity (Wildman–Crippen MR) is 59.4 cm³/mol. The Labute approximate surface area is 93.4 Å². The summed E-state index contributed by atoms with van der Waals surface area (Å²) >= 11 is 0. The van der Waals surface area contributed by atoms with Crippen LogP contribution in [0.3, 0.4) is 0 Å². The van der Waals surface area contributed by atoms with Crippen molar-refractivity contribution in [2.45, 2.75) is 6.04 Å². The monoisotopic (exact) mass is 229 g/mol. The summed E-state index contributed by atoms with van der Waals surface area (Å²) in [5.74, 6) is -1.45. The van der Waals surface area contributed by atoms with E-state index in [4.69, 9.17) is 10.8 Å². The Kier molecular flexibility index (Phi) is 4.84. The molecule has 0 aliphatic carbocycles. The molecule has 0 aliphatic rings. The Balaban J connectivity index is 0.00000196. The Morgan fingerprint density at radius 2 is 2.13 bits per heavy atom. The van der Waals surface area contributed by atoms with Crippen LogP contribution in [0.5, 0.6) is 5.75 Å². The van der Waals surface area contributed by atoms with Crippen LogP contribution in [0, 0.1) is 0 Å². The van der Waals surface area contributed by atoms with E-state index in [0.717, 1.165) is 0 Å². The summed E-state index contributed by atoms with van der Waals surface area (Å²) in [4.78, 5) is 10.7. The van der Waals surface area contributed by atoms with Crippen molar-refractivity contribution in [1.29, 1.82) is 0 Å². The minimum absolute atomic E-state index is 0. The maximum atomic E-state index is 10.7. The van der Waals surface area contributed by atoms with Gasteiger partial charge in [-0.1, -0.05) is 12.1 Å². The third kappa shape index (κ3) is 2.97. The summed E-state index contributed by atoms with van der Waals surface area (Å²) in [6.07, 6.45) is 1.50. The van der Waals surface area contributed by atoms with Gasteiger partial charge in [-0.25, -0.2) is 4.79 Å². The standard InChI is InChI=1S/C10H11NO3.ClH/c1-2-8(11)6-3-4-9(12)7(5-6)10(13)14;/h2-5,8,12H,1,11H2,(H,13,14);1H/t8-;/m0./s1. The van der Waals surface area contributed by atoms with E-state index >= 15 is 0 Å². The summed E-state index contributed by atoms with van der Waals surface area (Å²) in [5.41, 5.74) is 6.07. The first-order valence-corrected chi connectivity index (χ1v) is 4.00. The van der Waals surface area contributed by atoms with Crippen molar-refractivity contribution in [3.8, 4) is 5.75 Å². The molecule has 1 aromatic carbocycles. The highest BCUT2D eigenvalue weighted by Gasteiger charge is 2.11. The molecule has 0 bridgehead atoms. The van der Waals surface area contributed by atoms with E-state index in [0.29, 0.717) is 5.56 Å². The molecular formula is C10H12ClNO3. The highest BCUT2D eigenvalue weighted by atomic mass is 35.5. The first-order chi connectivity index (χ1) is 6.56. The number of aromatic carboxylic acids is 1. The number of halogens is 1. The number of hydrogen-bond acceptors (Lipinski definition) is 3. The molecule has 1 atom stereocenters. The van der Waals surface area contributed by atoms with Crippen molar-refractivity contribution in [3.05, 3.63) is 42.0 Å². The van der Waals surface area contributed by atoms with Crippen LogP contribution in [0.25, 0.3) is 0 Å². The molecule has 0 aliphatic heterocycles.